The van der Waals surface area contributed by atoms with Crippen molar-refractivity contribution in [3.63, 3.8) is 0 Å². The third kappa shape index (κ3) is 6.38. The molecule has 0 aliphatic carbocycles. The molecule has 0 spiro atoms. The average Bonchev–Trinajstić information content (AvgIpc) is 3.15. The Morgan fingerprint density at radius 3 is 1.98 bits per heavy atom. The van der Waals surface area contributed by atoms with E-state index in [4.69, 9.17) is 19.2 Å². The van der Waals surface area contributed by atoms with Crippen LogP contribution in [0.4, 0.5) is 0 Å². The number of hydrogen-bond donors (Lipinski definition) is 2. The van der Waals surface area contributed by atoms with Crippen molar-refractivity contribution in [3.8, 4) is 22.8 Å². The number of nitrogens with one attached hydrogen (secondary N) is 1. The minimum atomic E-state index is -1.20. The number of nitrogens with zero attached hydrogens (tertiary/aromatic N) is 1. The third-order valence-corrected chi connectivity index (χ3v) is 8.55. The van der Waals surface area contributed by atoms with Crippen LogP contribution in [0.15, 0.2) is 140 Å². The Kier molecular flexibility index (Phi) is 9.80. The van der Waals surface area contributed by atoms with Gasteiger partial charge in [0.25, 0.3) is 5.91 Å². The van der Waals surface area contributed by atoms with Crippen molar-refractivity contribution in [2.24, 2.45) is 0 Å². The molecule has 0 saturated carbocycles. The molecule has 0 aliphatic heterocycles. The van der Waals surface area contributed by atoms with E-state index >= 15 is 0 Å². The van der Waals surface area contributed by atoms with Crippen molar-refractivity contribution in [1.82, 2.24) is 10.3 Å². The van der Waals surface area contributed by atoms with E-state index in [1.165, 1.54) is 0 Å². The predicted molar refractivity (Wildman–Crippen MR) is 188 cm³/mol. The first kappa shape index (κ1) is 32.4. The summed E-state index contributed by atoms with van der Waals surface area (Å²) in [5.74, 6) is 0.723. The number of aliphatic hydroxyl groups excluding tert-OH is 1. The van der Waals surface area contributed by atoms with Gasteiger partial charge in [0.15, 0.2) is 11.5 Å². The number of rotatable bonds is 12. The summed E-state index contributed by atoms with van der Waals surface area (Å²) in [6, 6.07) is 43.7. The zero-order valence-electron chi connectivity index (χ0n) is 27.2. The highest BCUT2D eigenvalue weighted by Crippen LogP contribution is 2.47. The summed E-state index contributed by atoms with van der Waals surface area (Å²) in [5.41, 5.74) is 3.92. The summed E-state index contributed by atoms with van der Waals surface area (Å²) in [5, 5.41) is 14.9. The summed E-state index contributed by atoms with van der Waals surface area (Å²) < 4.78 is 18.7. The van der Waals surface area contributed by atoms with Crippen LogP contribution in [0.5, 0.6) is 11.5 Å². The Morgan fingerprint density at radius 2 is 1.38 bits per heavy atom. The lowest BCUT2D eigenvalue weighted by molar-refractivity contribution is -0.0208. The van der Waals surface area contributed by atoms with Crippen LogP contribution >= 0.6 is 0 Å². The fourth-order valence-corrected chi connectivity index (χ4v) is 6.11. The average molecular weight is 639 g/mol. The number of amides is 1. The van der Waals surface area contributed by atoms with Crippen molar-refractivity contribution >= 4 is 16.8 Å². The van der Waals surface area contributed by atoms with Crippen molar-refractivity contribution in [3.05, 3.63) is 162 Å². The van der Waals surface area contributed by atoms with Gasteiger partial charge in [-0.1, -0.05) is 121 Å². The van der Waals surface area contributed by atoms with Crippen LogP contribution in [0.2, 0.25) is 0 Å². The van der Waals surface area contributed by atoms with Crippen LogP contribution in [-0.2, 0) is 10.3 Å². The number of aromatic nitrogens is 1. The highest BCUT2D eigenvalue weighted by molar-refractivity contribution is 6.07. The first-order valence-corrected chi connectivity index (χ1v) is 15.9. The Labute approximate surface area is 280 Å². The molecule has 0 radical (unpaired) electrons. The standard InChI is InChI=1S/C41H38N2O5/c1-28(44)37(43-40(45)33-26-36(29-16-7-4-8-17-29)42-35-24-14-13-22-32(33)35)27-48-41(30-18-9-5-10-19-30,31-20-11-6-12-21-31)34-23-15-25-38(46-2)39(34)47-3/h4-26,28,37,44H,27H2,1-3H3,(H,43,45)/t28-,37+/m1/s1. The summed E-state index contributed by atoms with van der Waals surface area (Å²) in [7, 11) is 3.20. The zero-order chi connectivity index (χ0) is 33.5. The fraction of sp³-hybridized carbons (Fsp3) is 0.171. The van der Waals surface area contributed by atoms with Gasteiger partial charge in [0.1, 0.15) is 5.60 Å². The second-order valence-corrected chi connectivity index (χ2v) is 11.5. The maximum atomic E-state index is 14.1. The highest BCUT2D eigenvalue weighted by atomic mass is 16.5. The monoisotopic (exact) mass is 638 g/mol. The minimum absolute atomic E-state index is 0.0396. The van der Waals surface area contributed by atoms with Crippen molar-refractivity contribution in [2.45, 2.75) is 24.7 Å². The van der Waals surface area contributed by atoms with E-state index in [1.54, 1.807) is 27.2 Å². The molecule has 2 N–H and O–H groups in total. The van der Waals surface area contributed by atoms with Crippen LogP contribution in [0.3, 0.4) is 0 Å². The molecule has 0 bridgehead atoms. The largest absolute Gasteiger partial charge is 0.493 e. The molecule has 5 aromatic carbocycles. The van der Waals surface area contributed by atoms with Gasteiger partial charge in [0.2, 0.25) is 0 Å². The number of carbonyl (C=O) groups excluding carboxylic acids is 1. The number of ether oxygens (including phenoxy) is 3. The SMILES string of the molecule is COc1cccc(C(OC[C@H](NC(=O)c2cc(-c3ccccc3)nc3ccccc23)[C@@H](C)O)(c2ccccc2)c2ccccc2)c1OC. The van der Waals surface area contributed by atoms with Crippen LogP contribution in [-0.4, -0.2) is 49.0 Å². The summed E-state index contributed by atoms with van der Waals surface area (Å²) in [4.78, 5) is 19.0. The van der Waals surface area contributed by atoms with Crippen LogP contribution in [0, 0.1) is 0 Å². The van der Waals surface area contributed by atoms with Crippen LogP contribution in [0.1, 0.15) is 34.0 Å². The zero-order valence-corrected chi connectivity index (χ0v) is 27.2. The van der Waals surface area contributed by atoms with E-state index in [0.29, 0.717) is 39.2 Å². The molecular formula is C41H38N2O5. The fourth-order valence-electron chi connectivity index (χ4n) is 6.11. The van der Waals surface area contributed by atoms with E-state index in [0.717, 1.165) is 16.7 Å². The van der Waals surface area contributed by atoms with E-state index in [-0.39, 0.29) is 12.5 Å². The smallest absolute Gasteiger partial charge is 0.252 e. The number of aliphatic hydroxyl groups is 1. The van der Waals surface area contributed by atoms with Crippen molar-refractivity contribution in [1.29, 1.82) is 0 Å². The third-order valence-electron chi connectivity index (χ3n) is 8.55. The maximum Gasteiger partial charge on any atom is 0.252 e. The molecule has 2 atom stereocenters. The van der Waals surface area contributed by atoms with Gasteiger partial charge in [-0.25, -0.2) is 4.98 Å². The number of pyridine rings is 1. The summed E-state index contributed by atoms with van der Waals surface area (Å²) >= 11 is 0. The van der Waals surface area contributed by atoms with E-state index in [2.05, 4.69) is 5.32 Å². The normalized spacial score (nSPS) is 12.7. The lowest BCUT2D eigenvalue weighted by atomic mass is 9.79. The van der Waals surface area contributed by atoms with E-state index < -0.39 is 17.7 Å². The molecule has 1 aromatic heterocycles. The molecular weight excluding hydrogens is 600 g/mol. The first-order chi connectivity index (χ1) is 23.5. The molecule has 0 aliphatic rings. The minimum Gasteiger partial charge on any atom is -0.493 e. The molecule has 7 nitrogen and oxygen atoms in total. The van der Waals surface area contributed by atoms with E-state index in [1.807, 2.05) is 133 Å². The molecule has 242 valence electrons. The predicted octanol–water partition coefficient (Wildman–Crippen LogP) is 7.41. The summed E-state index contributed by atoms with van der Waals surface area (Å²) in [6.45, 7) is 1.61. The highest BCUT2D eigenvalue weighted by Gasteiger charge is 2.42. The van der Waals surface area contributed by atoms with Crippen molar-refractivity contribution < 1.29 is 24.1 Å². The molecule has 0 unspecified atom stereocenters. The van der Waals surface area contributed by atoms with Gasteiger partial charge in [-0.3, -0.25) is 4.79 Å². The van der Waals surface area contributed by atoms with Gasteiger partial charge in [-0.05, 0) is 36.2 Å². The van der Waals surface area contributed by atoms with Gasteiger partial charge in [0, 0.05) is 16.5 Å². The number of para-hydroxylation sites is 2. The molecule has 6 aromatic rings. The lowest BCUT2D eigenvalue weighted by Crippen LogP contribution is -2.48. The molecule has 0 saturated heterocycles. The number of benzene rings is 5. The summed E-state index contributed by atoms with van der Waals surface area (Å²) in [6.07, 6.45) is -0.952. The van der Waals surface area contributed by atoms with Gasteiger partial charge < -0.3 is 24.6 Å². The molecule has 1 heterocycles. The number of fused-ring (bicyclic) bond motifs is 1. The topological polar surface area (TPSA) is 89.9 Å². The Bertz CT molecular complexity index is 1940. The molecule has 7 heteroatoms. The first-order valence-electron chi connectivity index (χ1n) is 15.9. The second kappa shape index (κ2) is 14.5. The van der Waals surface area contributed by atoms with Crippen LogP contribution in [0.25, 0.3) is 22.2 Å². The van der Waals surface area contributed by atoms with E-state index in [9.17, 15) is 9.90 Å². The maximum absolute atomic E-state index is 14.1. The Balaban J connectivity index is 1.42. The van der Waals surface area contributed by atoms with Gasteiger partial charge in [-0.15, -0.1) is 0 Å². The van der Waals surface area contributed by atoms with Crippen LogP contribution < -0.4 is 14.8 Å². The number of methoxy groups -OCH3 is 2. The quantitative estimate of drug-likeness (QED) is 0.136. The number of carbonyl (C=O) groups is 1. The van der Waals surface area contributed by atoms with Gasteiger partial charge in [0.05, 0.1) is 49.7 Å². The Hall–Kier alpha value is -5.50. The van der Waals surface area contributed by atoms with Crippen molar-refractivity contribution in [2.75, 3.05) is 20.8 Å². The van der Waals surface area contributed by atoms with Gasteiger partial charge in [-0.2, -0.15) is 0 Å². The van der Waals surface area contributed by atoms with Gasteiger partial charge >= 0.3 is 0 Å². The number of hydrogen-bond acceptors (Lipinski definition) is 6. The Morgan fingerprint density at radius 1 is 0.771 bits per heavy atom. The molecule has 1 amide bonds. The second-order valence-electron chi connectivity index (χ2n) is 11.5. The molecule has 6 rings (SSSR count). The molecule has 0 fully saturated rings. The lowest BCUT2D eigenvalue weighted by Gasteiger charge is -2.38. The molecule has 48 heavy (non-hydrogen) atoms.